The maximum absolute atomic E-state index is 10.7. The molecule has 2 aliphatic rings. The van der Waals surface area contributed by atoms with Crippen molar-refractivity contribution in [2.24, 2.45) is 4.99 Å². The van der Waals surface area contributed by atoms with Gasteiger partial charge in [-0.25, -0.2) is 4.79 Å². The Bertz CT molecular complexity index is 559. The molecule has 1 saturated heterocycles. The van der Waals surface area contributed by atoms with Crippen LogP contribution in [0, 0.1) is 0 Å². The molecule has 1 aliphatic heterocycles. The second-order valence-electron chi connectivity index (χ2n) is 5.50. The fourth-order valence-corrected chi connectivity index (χ4v) is 3.87. The zero-order valence-electron chi connectivity index (χ0n) is 12.1. The first kappa shape index (κ1) is 14.5. The number of methoxy groups -OCH3 is 1. The first-order valence-electron chi connectivity index (χ1n) is 7.30. The molecule has 4 nitrogen and oxygen atoms in total. The molecule has 1 aliphatic carbocycles. The summed E-state index contributed by atoms with van der Waals surface area (Å²) in [5.74, 6) is 3.77. The van der Waals surface area contributed by atoms with Crippen molar-refractivity contribution in [2.75, 3.05) is 18.6 Å². The van der Waals surface area contributed by atoms with Crippen LogP contribution in [0.5, 0.6) is 11.5 Å². The molecule has 1 heterocycles. The minimum Gasteiger partial charge on any atom is -0.492 e. The van der Waals surface area contributed by atoms with Crippen LogP contribution in [0.15, 0.2) is 23.2 Å². The van der Waals surface area contributed by atoms with E-state index in [1.165, 1.54) is 0 Å². The van der Waals surface area contributed by atoms with Crippen LogP contribution in [-0.2, 0) is 10.3 Å². The number of carbonyl (C=O) groups excluding carboxylic acids is 1. The Hall–Kier alpha value is -1.45. The molecule has 3 rings (SSSR count). The standard InChI is InChI=1S/C16H19NO3S/c1-19-15-13(16(7-8-16)17-11-18)3-2-4-14(15)20-12-5-9-21-10-6-12/h2-4,12H,5-10H2,1H3. The van der Waals surface area contributed by atoms with E-state index in [1.54, 1.807) is 13.2 Å². The largest absolute Gasteiger partial charge is 0.492 e. The number of hydrogen-bond acceptors (Lipinski definition) is 5. The van der Waals surface area contributed by atoms with Crippen molar-refractivity contribution in [3.63, 3.8) is 0 Å². The van der Waals surface area contributed by atoms with Gasteiger partial charge in [0, 0.05) is 5.56 Å². The third-order valence-corrected chi connectivity index (χ3v) is 5.18. The normalized spacial score (nSPS) is 20.4. The van der Waals surface area contributed by atoms with Gasteiger partial charge in [-0.3, -0.25) is 0 Å². The average molecular weight is 305 g/mol. The van der Waals surface area contributed by atoms with Crippen molar-refractivity contribution in [3.05, 3.63) is 23.8 Å². The van der Waals surface area contributed by atoms with Gasteiger partial charge >= 0.3 is 0 Å². The van der Waals surface area contributed by atoms with Crippen molar-refractivity contribution in [1.29, 1.82) is 0 Å². The third kappa shape index (κ3) is 2.94. The molecule has 0 aromatic heterocycles. The van der Waals surface area contributed by atoms with E-state index in [9.17, 15) is 4.79 Å². The van der Waals surface area contributed by atoms with E-state index < -0.39 is 5.54 Å². The maximum atomic E-state index is 10.7. The Balaban J connectivity index is 1.89. The predicted octanol–water partition coefficient (Wildman–Crippen LogP) is 3.29. The summed E-state index contributed by atoms with van der Waals surface area (Å²) in [6.07, 6.45) is 5.80. The highest BCUT2D eigenvalue weighted by atomic mass is 32.2. The van der Waals surface area contributed by atoms with Crippen LogP contribution in [-0.4, -0.2) is 30.8 Å². The highest BCUT2D eigenvalue weighted by molar-refractivity contribution is 7.99. The maximum Gasteiger partial charge on any atom is 0.235 e. The first-order valence-corrected chi connectivity index (χ1v) is 8.45. The van der Waals surface area contributed by atoms with E-state index in [0.717, 1.165) is 48.5 Å². The van der Waals surface area contributed by atoms with E-state index in [0.29, 0.717) is 5.75 Å². The average Bonchev–Trinajstić information content (AvgIpc) is 3.29. The van der Waals surface area contributed by atoms with E-state index in [1.807, 2.05) is 30.0 Å². The number of ether oxygens (including phenoxy) is 2. The van der Waals surface area contributed by atoms with Gasteiger partial charge in [0.1, 0.15) is 11.6 Å². The number of rotatable bonds is 5. The van der Waals surface area contributed by atoms with Crippen LogP contribution in [0.1, 0.15) is 31.2 Å². The molecule has 0 N–H and O–H groups in total. The lowest BCUT2D eigenvalue weighted by molar-refractivity contribution is 0.184. The molecule has 0 atom stereocenters. The molecular weight excluding hydrogens is 286 g/mol. The molecule has 0 bridgehead atoms. The van der Waals surface area contributed by atoms with Gasteiger partial charge in [0.15, 0.2) is 11.5 Å². The molecule has 1 saturated carbocycles. The molecular formula is C16H19NO3S. The number of aliphatic imine (C=N–C) groups is 1. The number of hydrogen-bond donors (Lipinski definition) is 0. The van der Waals surface area contributed by atoms with E-state index in [-0.39, 0.29) is 6.10 Å². The molecule has 2 fully saturated rings. The highest BCUT2D eigenvalue weighted by Gasteiger charge is 2.47. The second-order valence-corrected chi connectivity index (χ2v) is 6.73. The van der Waals surface area contributed by atoms with Gasteiger partial charge in [0.05, 0.1) is 7.11 Å². The summed E-state index contributed by atoms with van der Waals surface area (Å²) < 4.78 is 11.7. The molecule has 112 valence electrons. The van der Waals surface area contributed by atoms with Crippen LogP contribution in [0.2, 0.25) is 0 Å². The molecule has 0 radical (unpaired) electrons. The fraction of sp³-hybridized carbons (Fsp3) is 0.562. The molecule has 1 aromatic rings. The van der Waals surface area contributed by atoms with Crippen molar-refractivity contribution in [1.82, 2.24) is 0 Å². The Morgan fingerprint density at radius 1 is 1.33 bits per heavy atom. The number of thioether (sulfide) groups is 1. The zero-order valence-corrected chi connectivity index (χ0v) is 12.9. The number of nitrogens with zero attached hydrogens (tertiary/aromatic N) is 1. The molecule has 1 aromatic carbocycles. The molecule has 5 heteroatoms. The van der Waals surface area contributed by atoms with Crippen molar-refractivity contribution >= 4 is 17.8 Å². The monoisotopic (exact) mass is 305 g/mol. The van der Waals surface area contributed by atoms with Gasteiger partial charge in [0.25, 0.3) is 0 Å². The molecule has 21 heavy (non-hydrogen) atoms. The minimum absolute atomic E-state index is 0.250. The van der Waals surface area contributed by atoms with Crippen molar-refractivity contribution < 1.29 is 14.3 Å². The van der Waals surface area contributed by atoms with E-state index in [4.69, 9.17) is 9.47 Å². The number of para-hydroxylation sites is 1. The van der Waals surface area contributed by atoms with Gasteiger partial charge in [-0.15, -0.1) is 0 Å². The zero-order chi connectivity index (χ0) is 14.7. The first-order chi connectivity index (χ1) is 10.3. The Kier molecular flexibility index (Phi) is 4.22. The molecule has 0 unspecified atom stereocenters. The molecule has 0 amide bonds. The smallest absolute Gasteiger partial charge is 0.235 e. The van der Waals surface area contributed by atoms with Crippen LogP contribution >= 0.6 is 11.8 Å². The molecule has 0 spiro atoms. The second kappa shape index (κ2) is 6.12. The quantitative estimate of drug-likeness (QED) is 0.618. The van der Waals surface area contributed by atoms with Crippen molar-refractivity contribution in [3.8, 4) is 11.5 Å². The highest BCUT2D eigenvalue weighted by Crippen LogP contribution is 2.54. The summed E-state index contributed by atoms with van der Waals surface area (Å²) in [5, 5.41) is 0. The summed E-state index contributed by atoms with van der Waals surface area (Å²) in [4.78, 5) is 14.7. The topological polar surface area (TPSA) is 47.9 Å². The van der Waals surface area contributed by atoms with E-state index in [2.05, 4.69) is 4.99 Å². The Morgan fingerprint density at radius 2 is 2.10 bits per heavy atom. The summed E-state index contributed by atoms with van der Waals surface area (Å²) in [6.45, 7) is 0. The predicted molar refractivity (Wildman–Crippen MR) is 83.0 cm³/mol. The van der Waals surface area contributed by atoms with Crippen LogP contribution in [0.4, 0.5) is 0 Å². The van der Waals surface area contributed by atoms with Gasteiger partial charge in [-0.05, 0) is 43.3 Å². The van der Waals surface area contributed by atoms with Crippen LogP contribution in [0.3, 0.4) is 0 Å². The van der Waals surface area contributed by atoms with Gasteiger partial charge < -0.3 is 9.47 Å². The lowest BCUT2D eigenvalue weighted by Gasteiger charge is -2.25. The summed E-state index contributed by atoms with van der Waals surface area (Å²) in [6, 6.07) is 5.85. The number of benzene rings is 1. The van der Waals surface area contributed by atoms with Gasteiger partial charge in [-0.2, -0.15) is 16.8 Å². The van der Waals surface area contributed by atoms with Gasteiger partial charge in [-0.1, -0.05) is 12.1 Å². The minimum atomic E-state index is -0.436. The fourth-order valence-electron chi connectivity index (χ4n) is 2.81. The number of isocyanates is 1. The Labute approximate surface area is 128 Å². The van der Waals surface area contributed by atoms with E-state index >= 15 is 0 Å². The van der Waals surface area contributed by atoms with Crippen molar-refractivity contribution in [2.45, 2.75) is 37.3 Å². The summed E-state index contributed by atoms with van der Waals surface area (Å²) in [5.41, 5.74) is 0.505. The summed E-state index contributed by atoms with van der Waals surface area (Å²) >= 11 is 1.97. The Morgan fingerprint density at radius 3 is 2.71 bits per heavy atom. The van der Waals surface area contributed by atoms with Crippen LogP contribution in [0.25, 0.3) is 0 Å². The third-order valence-electron chi connectivity index (χ3n) is 4.13. The summed E-state index contributed by atoms with van der Waals surface area (Å²) in [7, 11) is 1.64. The lowest BCUT2D eigenvalue weighted by Crippen LogP contribution is -2.22. The van der Waals surface area contributed by atoms with Crippen LogP contribution < -0.4 is 9.47 Å². The van der Waals surface area contributed by atoms with Gasteiger partial charge in [0.2, 0.25) is 6.08 Å². The SMILES string of the molecule is COc1c(OC2CCSCC2)cccc1C1(N=C=O)CC1. The lowest BCUT2D eigenvalue weighted by atomic mass is 10.0.